The van der Waals surface area contributed by atoms with Crippen molar-refractivity contribution in [2.45, 2.75) is 62.7 Å². The summed E-state index contributed by atoms with van der Waals surface area (Å²) in [4.78, 5) is 14.5. The van der Waals surface area contributed by atoms with Crippen LogP contribution in [-0.4, -0.2) is 68.0 Å². The molecule has 2 saturated heterocycles. The predicted octanol–water partition coefficient (Wildman–Crippen LogP) is 1.60. The first-order chi connectivity index (χ1) is 11.5. The minimum Gasteiger partial charge on any atom is -0.341 e. The normalized spacial score (nSPS) is 29.4. The highest BCUT2D eigenvalue weighted by atomic mass is 35.5. The van der Waals surface area contributed by atoms with Crippen LogP contribution in [-0.2, 0) is 14.8 Å². The molecule has 0 aromatic carbocycles. The molecule has 2 atom stereocenters. The van der Waals surface area contributed by atoms with E-state index in [2.05, 4.69) is 5.32 Å². The van der Waals surface area contributed by atoms with E-state index in [0.717, 1.165) is 51.5 Å². The molecule has 2 aliphatic heterocycles. The van der Waals surface area contributed by atoms with Crippen molar-refractivity contribution in [2.75, 3.05) is 33.2 Å². The van der Waals surface area contributed by atoms with Crippen LogP contribution in [0, 0.1) is 5.92 Å². The van der Waals surface area contributed by atoms with Crippen molar-refractivity contribution in [3.63, 3.8) is 0 Å². The summed E-state index contributed by atoms with van der Waals surface area (Å²) in [5, 5.41) is 2.78. The minimum absolute atomic E-state index is 0. The Morgan fingerprint density at radius 2 is 1.64 bits per heavy atom. The number of nitrogens with zero attached hydrogens (tertiary/aromatic N) is 2. The smallest absolute Gasteiger partial charge is 0.225 e. The lowest BCUT2D eigenvalue weighted by Gasteiger charge is -2.38. The average molecular weight is 394 g/mol. The first-order valence-electron chi connectivity index (χ1n) is 9.47. The van der Waals surface area contributed by atoms with Crippen molar-refractivity contribution < 1.29 is 13.2 Å². The van der Waals surface area contributed by atoms with Gasteiger partial charge in [0.15, 0.2) is 0 Å². The van der Waals surface area contributed by atoms with Crippen molar-refractivity contribution in [1.29, 1.82) is 0 Å². The van der Waals surface area contributed by atoms with Crippen LogP contribution in [0.3, 0.4) is 0 Å². The minimum atomic E-state index is -3.32. The number of likely N-dealkylation sites (N-methyl/N-ethyl adjacent to an activating group) is 1. The molecule has 8 heteroatoms. The molecule has 25 heavy (non-hydrogen) atoms. The highest BCUT2D eigenvalue weighted by Gasteiger charge is 2.39. The van der Waals surface area contributed by atoms with Gasteiger partial charge in [-0.2, -0.15) is 0 Å². The van der Waals surface area contributed by atoms with Gasteiger partial charge < -0.3 is 10.2 Å². The van der Waals surface area contributed by atoms with Gasteiger partial charge in [0.05, 0.1) is 5.25 Å². The van der Waals surface area contributed by atoms with Gasteiger partial charge in [-0.3, -0.25) is 4.79 Å². The molecular weight excluding hydrogens is 362 g/mol. The summed E-state index contributed by atoms with van der Waals surface area (Å²) in [7, 11) is -1.43. The van der Waals surface area contributed by atoms with Crippen LogP contribution >= 0.6 is 12.4 Å². The van der Waals surface area contributed by atoms with Gasteiger partial charge in [-0.25, -0.2) is 12.7 Å². The number of likely N-dealkylation sites (tertiary alicyclic amines) is 1. The summed E-state index contributed by atoms with van der Waals surface area (Å²) >= 11 is 0. The van der Waals surface area contributed by atoms with Crippen LogP contribution in [0.4, 0.5) is 0 Å². The molecule has 3 aliphatic rings. The fourth-order valence-electron chi connectivity index (χ4n) is 4.43. The van der Waals surface area contributed by atoms with Crippen LogP contribution in [0.2, 0.25) is 0 Å². The Labute approximate surface area is 158 Å². The molecule has 146 valence electrons. The van der Waals surface area contributed by atoms with Gasteiger partial charge >= 0.3 is 0 Å². The molecule has 0 aromatic rings. The first kappa shape index (κ1) is 20.9. The van der Waals surface area contributed by atoms with Gasteiger partial charge in [-0.05, 0) is 45.6 Å². The van der Waals surface area contributed by atoms with Gasteiger partial charge in [0.1, 0.15) is 0 Å². The SMILES string of the molecule is CNC1CCCN(S(=O)(=O)C2CCCN(C(=O)C3CCCC3)C2)C1.Cl. The number of amides is 1. The number of rotatable bonds is 4. The zero-order valence-electron chi connectivity index (χ0n) is 15.2. The van der Waals surface area contributed by atoms with E-state index >= 15 is 0 Å². The van der Waals surface area contributed by atoms with Gasteiger partial charge in [-0.1, -0.05) is 12.8 Å². The number of piperidine rings is 2. The Morgan fingerprint density at radius 3 is 2.32 bits per heavy atom. The Kier molecular flexibility index (Phi) is 7.55. The summed E-state index contributed by atoms with van der Waals surface area (Å²) in [6, 6.07) is 0.244. The third-order valence-corrected chi connectivity index (χ3v) is 8.25. The zero-order chi connectivity index (χ0) is 17.2. The number of carbonyl (C=O) groups excluding carboxylic acids is 1. The molecular formula is C17H32ClN3O3S. The monoisotopic (exact) mass is 393 g/mol. The average Bonchev–Trinajstić information content (AvgIpc) is 3.16. The topological polar surface area (TPSA) is 69.7 Å². The second kappa shape index (κ2) is 9.02. The van der Waals surface area contributed by atoms with E-state index < -0.39 is 15.3 Å². The van der Waals surface area contributed by atoms with Crippen LogP contribution in [0.1, 0.15) is 51.4 Å². The second-order valence-electron chi connectivity index (χ2n) is 7.56. The molecule has 2 heterocycles. The second-order valence-corrected chi connectivity index (χ2v) is 9.77. The molecule has 1 saturated carbocycles. The van der Waals surface area contributed by atoms with E-state index in [1.54, 1.807) is 4.31 Å². The maximum Gasteiger partial charge on any atom is 0.225 e. The van der Waals surface area contributed by atoms with Crippen LogP contribution < -0.4 is 5.32 Å². The van der Waals surface area contributed by atoms with Crippen LogP contribution in [0.5, 0.6) is 0 Å². The Bertz CT molecular complexity index is 551. The van der Waals surface area contributed by atoms with Gasteiger partial charge in [0, 0.05) is 38.1 Å². The molecule has 0 bridgehead atoms. The first-order valence-corrected chi connectivity index (χ1v) is 11.0. The molecule has 1 aliphatic carbocycles. The molecule has 1 N–H and O–H groups in total. The highest BCUT2D eigenvalue weighted by Crippen LogP contribution is 2.29. The van der Waals surface area contributed by atoms with E-state index in [1.807, 2.05) is 11.9 Å². The van der Waals surface area contributed by atoms with Crippen LogP contribution in [0.15, 0.2) is 0 Å². The number of nitrogens with one attached hydrogen (secondary N) is 1. The number of carbonyl (C=O) groups is 1. The third kappa shape index (κ3) is 4.67. The Morgan fingerprint density at radius 1 is 0.960 bits per heavy atom. The van der Waals surface area contributed by atoms with Crippen molar-refractivity contribution in [3.8, 4) is 0 Å². The molecule has 0 aromatic heterocycles. The molecule has 3 fully saturated rings. The van der Waals surface area contributed by atoms with E-state index in [1.165, 1.54) is 0 Å². The van der Waals surface area contributed by atoms with E-state index in [4.69, 9.17) is 0 Å². The number of sulfonamides is 1. The Balaban J connectivity index is 0.00000225. The Hall–Kier alpha value is -0.370. The lowest BCUT2D eigenvalue weighted by atomic mass is 10.0. The quantitative estimate of drug-likeness (QED) is 0.787. The molecule has 3 rings (SSSR count). The maximum atomic E-state index is 13.1. The summed E-state index contributed by atoms with van der Waals surface area (Å²) in [6.07, 6.45) is 7.62. The van der Waals surface area contributed by atoms with E-state index in [9.17, 15) is 13.2 Å². The van der Waals surface area contributed by atoms with Crippen LogP contribution in [0.25, 0.3) is 0 Å². The lowest BCUT2D eigenvalue weighted by Crippen LogP contribution is -2.54. The van der Waals surface area contributed by atoms with Gasteiger partial charge in [-0.15, -0.1) is 12.4 Å². The lowest BCUT2D eigenvalue weighted by molar-refractivity contribution is -0.136. The fourth-order valence-corrected chi connectivity index (χ4v) is 6.46. The number of halogens is 1. The summed E-state index contributed by atoms with van der Waals surface area (Å²) < 4.78 is 27.8. The van der Waals surface area contributed by atoms with Gasteiger partial charge in [0.2, 0.25) is 15.9 Å². The van der Waals surface area contributed by atoms with Gasteiger partial charge in [0.25, 0.3) is 0 Å². The maximum absolute atomic E-state index is 13.1. The number of hydrogen-bond acceptors (Lipinski definition) is 4. The molecule has 2 unspecified atom stereocenters. The largest absolute Gasteiger partial charge is 0.341 e. The van der Waals surface area contributed by atoms with Crippen molar-refractivity contribution in [3.05, 3.63) is 0 Å². The van der Waals surface area contributed by atoms with Crippen molar-refractivity contribution in [1.82, 2.24) is 14.5 Å². The summed E-state index contributed by atoms with van der Waals surface area (Å²) in [5.41, 5.74) is 0. The fraction of sp³-hybridized carbons (Fsp3) is 0.941. The van der Waals surface area contributed by atoms with E-state index in [0.29, 0.717) is 26.1 Å². The van der Waals surface area contributed by atoms with Crippen molar-refractivity contribution >= 4 is 28.3 Å². The summed E-state index contributed by atoms with van der Waals surface area (Å²) in [6.45, 7) is 2.29. The predicted molar refractivity (Wildman–Crippen MR) is 101 cm³/mol. The van der Waals surface area contributed by atoms with Crippen molar-refractivity contribution in [2.24, 2.45) is 5.92 Å². The number of hydrogen-bond donors (Lipinski definition) is 1. The highest BCUT2D eigenvalue weighted by molar-refractivity contribution is 7.89. The zero-order valence-corrected chi connectivity index (χ0v) is 16.8. The molecule has 0 radical (unpaired) electrons. The standard InChI is InChI=1S/C17H31N3O3S.ClH/c1-18-15-8-4-11-20(12-15)24(22,23)16-9-5-10-19(13-16)17(21)14-6-2-3-7-14;/h14-16,18H,2-13H2,1H3;1H. The van der Waals surface area contributed by atoms with E-state index in [-0.39, 0.29) is 30.3 Å². The molecule has 1 amide bonds. The molecule has 0 spiro atoms. The molecule has 6 nitrogen and oxygen atoms in total. The third-order valence-electron chi connectivity index (χ3n) is 5.97. The summed E-state index contributed by atoms with van der Waals surface area (Å²) in [5.74, 6) is 0.328.